The van der Waals surface area contributed by atoms with E-state index in [0.29, 0.717) is 6.04 Å². The number of halogens is 2. The van der Waals surface area contributed by atoms with Crippen molar-refractivity contribution in [3.05, 3.63) is 42.7 Å². The summed E-state index contributed by atoms with van der Waals surface area (Å²) in [6.45, 7) is 6.47. The Morgan fingerprint density at radius 2 is 1.97 bits per heavy atom. The van der Waals surface area contributed by atoms with Crippen LogP contribution in [0.4, 0.5) is 10.1 Å². The smallest absolute Gasteiger partial charge is 0.191 e. The molecule has 0 aliphatic carbocycles. The lowest BCUT2D eigenvalue weighted by Gasteiger charge is -2.34. The summed E-state index contributed by atoms with van der Waals surface area (Å²) in [4.78, 5) is 6.95. The fraction of sp³-hybridized carbons (Fsp3) is 0.550. The summed E-state index contributed by atoms with van der Waals surface area (Å²) >= 11 is 0. The number of aryl methyl sites for hydroxylation is 1. The molecule has 3 rings (SSSR count). The summed E-state index contributed by atoms with van der Waals surface area (Å²) in [6.07, 6.45) is 7.57. The van der Waals surface area contributed by atoms with E-state index >= 15 is 0 Å². The Bertz CT molecular complexity index is 730. The van der Waals surface area contributed by atoms with Crippen LogP contribution < -0.4 is 15.5 Å². The molecule has 1 aromatic carbocycles. The third kappa shape index (κ3) is 7.79. The van der Waals surface area contributed by atoms with Crippen LogP contribution in [0.2, 0.25) is 0 Å². The van der Waals surface area contributed by atoms with Gasteiger partial charge in [0.2, 0.25) is 0 Å². The fourth-order valence-corrected chi connectivity index (χ4v) is 3.40. The van der Waals surface area contributed by atoms with Crippen LogP contribution in [-0.4, -0.2) is 52.9 Å². The Labute approximate surface area is 189 Å². The number of nitrogens with zero attached hydrogens (tertiary/aromatic N) is 5. The number of piperidine rings is 1. The van der Waals surface area contributed by atoms with Crippen molar-refractivity contribution in [1.29, 1.82) is 0 Å². The SMILES string of the molecule is CCNC(=NCCCCn1cnnc1)NC1CCN(c2cccc(F)c2)CC1.I. The van der Waals surface area contributed by atoms with E-state index in [-0.39, 0.29) is 29.8 Å². The molecular formula is C20H31FIN7. The first-order chi connectivity index (χ1) is 13.7. The van der Waals surface area contributed by atoms with E-state index in [1.54, 1.807) is 24.8 Å². The molecule has 1 aliphatic rings. The van der Waals surface area contributed by atoms with E-state index in [1.807, 2.05) is 10.6 Å². The Kier molecular flexibility index (Phi) is 10.2. The molecule has 0 radical (unpaired) electrons. The maximum atomic E-state index is 13.4. The van der Waals surface area contributed by atoms with Gasteiger partial charge in [-0.1, -0.05) is 6.07 Å². The lowest BCUT2D eigenvalue weighted by Crippen LogP contribution is -2.48. The van der Waals surface area contributed by atoms with Crippen LogP contribution in [0.25, 0.3) is 0 Å². The van der Waals surface area contributed by atoms with Gasteiger partial charge in [-0.2, -0.15) is 0 Å². The van der Waals surface area contributed by atoms with Gasteiger partial charge in [0, 0.05) is 44.5 Å². The molecule has 0 amide bonds. The summed E-state index contributed by atoms with van der Waals surface area (Å²) in [5, 5.41) is 14.5. The van der Waals surface area contributed by atoms with Crippen LogP contribution in [0.1, 0.15) is 32.6 Å². The van der Waals surface area contributed by atoms with Crippen LogP contribution in [-0.2, 0) is 6.54 Å². The maximum absolute atomic E-state index is 13.4. The number of unbranched alkanes of at least 4 members (excludes halogenated alkanes) is 1. The van der Waals surface area contributed by atoms with Gasteiger partial charge in [0.25, 0.3) is 0 Å². The number of guanidine groups is 1. The molecule has 2 heterocycles. The van der Waals surface area contributed by atoms with Crippen molar-refractivity contribution in [2.24, 2.45) is 4.99 Å². The van der Waals surface area contributed by atoms with Crippen molar-refractivity contribution in [1.82, 2.24) is 25.4 Å². The molecule has 2 N–H and O–H groups in total. The number of anilines is 1. The highest BCUT2D eigenvalue weighted by molar-refractivity contribution is 14.0. The Balaban J connectivity index is 0.00000300. The predicted molar refractivity (Wildman–Crippen MR) is 125 cm³/mol. The molecule has 9 heteroatoms. The first kappa shape index (κ1) is 23.4. The topological polar surface area (TPSA) is 70.4 Å². The number of rotatable bonds is 8. The predicted octanol–water partition coefficient (Wildman–Crippen LogP) is 3.04. The second-order valence-electron chi connectivity index (χ2n) is 7.05. The summed E-state index contributed by atoms with van der Waals surface area (Å²) < 4.78 is 15.4. The molecule has 1 aliphatic heterocycles. The Hall–Kier alpha value is -1.91. The minimum absolute atomic E-state index is 0. The minimum Gasteiger partial charge on any atom is -0.371 e. The van der Waals surface area contributed by atoms with Crippen LogP contribution in [0.15, 0.2) is 41.9 Å². The minimum atomic E-state index is -0.177. The van der Waals surface area contributed by atoms with Crippen LogP contribution in [0.3, 0.4) is 0 Å². The summed E-state index contributed by atoms with van der Waals surface area (Å²) in [5.74, 6) is 0.708. The molecule has 0 atom stereocenters. The van der Waals surface area contributed by atoms with Crippen molar-refractivity contribution < 1.29 is 4.39 Å². The third-order valence-corrected chi connectivity index (χ3v) is 4.91. The standard InChI is InChI=1S/C20H30FN7.HI/c1-2-22-20(23-10-3-4-11-27-15-24-25-16-27)26-18-8-12-28(13-9-18)19-7-5-6-17(21)14-19;/h5-7,14-16,18H,2-4,8-13H2,1H3,(H2,22,23,26);1H. The first-order valence-electron chi connectivity index (χ1n) is 10.1. The van der Waals surface area contributed by atoms with Crippen LogP contribution in [0, 0.1) is 5.82 Å². The highest BCUT2D eigenvalue weighted by Crippen LogP contribution is 2.20. The van der Waals surface area contributed by atoms with Crippen molar-refractivity contribution in [3.8, 4) is 0 Å². The maximum Gasteiger partial charge on any atom is 0.191 e. The molecule has 160 valence electrons. The van der Waals surface area contributed by atoms with Gasteiger partial charge in [-0.25, -0.2) is 4.39 Å². The number of benzene rings is 1. The molecule has 0 spiro atoms. The zero-order chi connectivity index (χ0) is 19.6. The fourth-order valence-electron chi connectivity index (χ4n) is 3.40. The highest BCUT2D eigenvalue weighted by atomic mass is 127. The molecule has 0 bridgehead atoms. The Morgan fingerprint density at radius 3 is 2.66 bits per heavy atom. The van der Waals surface area contributed by atoms with Gasteiger partial charge < -0.3 is 20.1 Å². The van der Waals surface area contributed by atoms with Crippen molar-refractivity contribution in [3.63, 3.8) is 0 Å². The molecule has 7 nitrogen and oxygen atoms in total. The van der Waals surface area contributed by atoms with Gasteiger partial charge >= 0.3 is 0 Å². The average molecular weight is 515 g/mol. The highest BCUT2D eigenvalue weighted by Gasteiger charge is 2.20. The average Bonchev–Trinajstić information content (AvgIpc) is 3.22. The zero-order valence-corrected chi connectivity index (χ0v) is 19.3. The van der Waals surface area contributed by atoms with Gasteiger partial charge in [-0.05, 0) is 50.8 Å². The van der Waals surface area contributed by atoms with Gasteiger partial charge in [0.15, 0.2) is 5.96 Å². The molecule has 1 fully saturated rings. The van der Waals surface area contributed by atoms with E-state index in [1.165, 1.54) is 6.07 Å². The second-order valence-corrected chi connectivity index (χ2v) is 7.05. The number of aliphatic imine (C=N–C) groups is 1. The van der Waals surface area contributed by atoms with Crippen molar-refractivity contribution >= 4 is 35.6 Å². The quantitative estimate of drug-likeness (QED) is 0.245. The lowest BCUT2D eigenvalue weighted by atomic mass is 10.0. The lowest BCUT2D eigenvalue weighted by molar-refractivity contribution is 0.461. The van der Waals surface area contributed by atoms with Gasteiger partial charge in [-0.3, -0.25) is 4.99 Å². The molecule has 0 saturated carbocycles. The van der Waals surface area contributed by atoms with Gasteiger partial charge in [-0.15, -0.1) is 34.2 Å². The largest absolute Gasteiger partial charge is 0.371 e. The number of aromatic nitrogens is 3. The first-order valence-corrected chi connectivity index (χ1v) is 10.1. The van der Waals surface area contributed by atoms with Gasteiger partial charge in [0.05, 0.1) is 0 Å². The van der Waals surface area contributed by atoms with E-state index < -0.39 is 0 Å². The second kappa shape index (κ2) is 12.6. The van der Waals surface area contributed by atoms with Crippen molar-refractivity contribution in [2.45, 2.75) is 45.2 Å². The number of hydrogen-bond donors (Lipinski definition) is 2. The summed E-state index contributed by atoms with van der Waals surface area (Å²) in [5.41, 5.74) is 0.965. The molecule has 1 aromatic heterocycles. The molecule has 29 heavy (non-hydrogen) atoms. The van der Waals surface area contributed by atoms with E-state index in [4.69, 9.17) is 4.99 Å². The zero-order valence-electron chi connectivity index (χ0n) is 16.9. The summed E-state index contributed by atoms with van der Waals surface area (Å²) in [6, 6.07) is 7.23. The van der Waals surface area contributed by atoms with Gasteiger partial charge in [0.1, 0.15) is 18.5 Å². The normalized spacial score (nSPS) is 15.1. The van der Waals surface area contributed by atoms with Crippen LogP contribution >= 0.6 is 24.0 Å². The number of nitrogens with one attached hydrogen (secondary N) is 2. The monoisotopic (exact) mass is 515 g/mol. The summed E-state index contributed by atoms with van der Waals surface area (Å²) in [7, 11) is 0. The molecule has 0 unspecified atom stereocenters. The third-order valence-electron chi connectivity index (χ3n) is 4.91. The van der Waals surface area contributed by atoms with E-state index in [0.717, 1.165) is 70.1 Å². The van der Waals surface area contributed by atoms with E-state index in [2.05, 4.69) is 32.7 Å². The van der Waals surface area contributed by atoms with Crippen molar-refractivity contribution in [2.75, 3.05) is 31.1 Å². The van der Waals surface area contributed by atoms with Crippen LogP contribution in [0.5, 0.6) is 0 Å². The molecular weight excluding hydrogens is 484 g/mol. The molecule has 1 saturated heterocycles. The number of hydrogen-bond acceptors (Lipinski definition) is 4. The Morgan fingerprint density at radius 1 is 1.21 bits per heavy atom. The van der Waals surface area contributed by atoms with E-state index in [9.17, 15) is 4.39 Å². The molecule has 2 aromatic rings.